The molecule has 96 valence electrons. The Balaban J connectivity index is 2.32. The molecule has 0 amide bonds. The molecule has 1 atom stereocenters. The summed E-state index contributed by atoms with van der Waals surface area (Å²) in [4.78, 5) is 2.10. The zero-order chi connectivity index (χ0) is 13.0. The van der Waals surface area contributed by atoms with E-state index < -0.39 is 4.33 Å². The molecule has 1 aliphatic heterocycles. The van der Waals surface area contributed by atoms with Crippen LogP contribution in [0, 0.1) is 11.3 Å². The molecule has 5 heteroatoms. The number of morpholine rings is 1. The van der Waals surface area contributed by atoms with Crippen LogP contribution in [0.2, 0.25) is 0 Å². The lowest BCUT2D eigenvalue weighted by atomic mass is 10.0. The van der Waals surface area contributed by atoms with Gasteiger partial charge in [-0.2, -0.15) is 5.26 Å². The fourth-order valence-electron chi connectivity index (χ4n) is 2.18. The first-order valence-electron chi connectivity index (χ1n) is 5.81. The SMILES string of the molecule is N#CC(Cl)(Cl)C(c1ccccc1)N1CCOCC1. The molecule has 3 nitrogen and oxygen atoms in total. The molecule has 0 N–H and O–H groups in total. The number of rotatable bonds is 3. The van der Waals surface area contributed by atoms with Crippen molar-refractivity contribution in [2.24, 2.45) is 0 Å². The van der Waals surface area contributed by atoms with E-state index in [0.717, 1.165) is 18.7 Å². The Labute approximate surface area is 117 Å². The molecule has 1 fully saturated rings. The number of hydrogen-bond acceptors (Lipinski definition) is 3. The molecule has 0 radical (unpaired) electrons. The fraction of sp³-hybridized carbons (Fsp3) is 0.462. The quantitative estimate of drug-likeness (QED) is 0.801. The van der Waals surface area contributed by atoms with Crippen LogP contribution in [0.4, 0.5) is 0 Å². The molecule has 1 aromatic carbocycles. The molecule has 0 aliphatic carbocycles. The molecular weight excluding hydrogens is 271 g/mol. The Morgan fingerprint density at radius 3 is 2.39 bits per heavy atom. The molecule has 0 bridgehead atoms. The summed E-state index contributed by atoms with van der Waals surface area (Å²) in [5.41, 5.74) is 0.950. The minimum atomic E-state index is -1.46. The van der Waals surface area contributed by atoms with E-state index in [2.05, 4.69) is 4.90 Å². The Kier molecular flexibility index (Phi) is 4.47. The van der Waals surface area contributed by atoms with Crippen molar-refractivity contribution in [3.05, 3.63) is 35.9 Å². The molecule has 1 aromatic rings. The standard InChI is InChI=1S/C13H14Cl2N2O/c14-13(15,10-16)12(11-4-2-1-3-5-11)17-6-8-18-9-7-17/h1-5,12H,6-9H2. The van der Waals surface area contributed by atoms with Crippen molar-refractivity contribution in [3.8, 4) is 6.07 Å². The van der Waals surface area contributed by atoms with Crippen molar-refractivity contribution in [2.75, 3.05) is 26.3 Å². The maximum absolute atomic E-state index is 9.18. The Morgan fingerprint density at radius 1 is 1.22 bits per heavy atom. The Bertz CT molecular complexity index is 424. The highest BCUT2D eigenvalue weighted by molar-refractivity contribution is 6.51. The Hall–Kier alpha value is -0.790. The number of benzene rings is 1. The van der Waals surface area contributed by atoms with Crippen LogP contribution in [0.5, 0.6) is 0 Å². The summed E-state index contributed by atoms with van der Waals surface area (Å²) in [6.07, 6.45) is 0. The van der Waals surface area contributed by atoms with Gasteiger partial charge >= 0.3 is 0 Å². The molecule has 1 heterocycles. The number of ether oxygens (including phenoxy) is 1. The fourth-order valence-corrected chi connectivity index (χ4v) is 2.71. The van der Waals surface area contributed by atoms with Crippen LogP contribution in [0.1, 0.15) is 11.6 Å². The smallest absolute Gasteiger partial charge is 0.222 e. The van der Waals surface area contributed by atoms with Gasteiger partial charge < -0.3 is 4.74 Å². The Morgan fingerprint density at radius 2 is 1.83 bits per heavy atom. The summed E-state index contributed by atoms with van der Waals surface area (Å²) >= 11 is 12.4. The second-order valence-corrected chi connectivity index (χ2v) is 5.58. The molecule has 0 spiro atoms. The highest BCUT2D eigenvalue weighted by atomic mass is 35.5. The molecule has 2 rings (SSSR count). The van der Waals surface area contributed by atoms with Gasteiger partial charge in [0.2, 0.25) is 4.33 Å². The third kappa shape index (κ3) is 2.96. The average Bonchev–Trinajstić information content (AvgIpc) is 2.41. The number of hydrogen-bond donors (Lipinski definition) is 0. The predicted octanol–water partition coefficient (Wildman–Crippen LogP) is 2.76. The van der Waals surface area contributed by atoms with Gasteiger partial charge in [0.1, 0.15) is 6.07 Å². The zero-order valence-corrected chi connectivity index (χ0v) is 11.4. The van der Waals surface area contributed by atoms with E-state index in [0.29, 0.717) is 13.2 Å². The van der Waals surface area contributed by atoms with E-state index in [1.807, 2.05) is 36.4 Å². The van der Waals surface area contributed by atoms with Crippen LogP contribution in [0.25, 0.3) is 0 Å². The van der Waals surface area contributed by atoms with Gasteiger partial charge in [0.15, 0.2) is 0 Å². The summed E-state index contributed by atoms with van der Waals surface area (Å²) in [5, 5.41) is 9.18. The van der Waals surface area contributed by atoms with Crippen LogP contribution in [0.15, 0.2) is 30.3 Å². The van der Waals surface area contributed by atoms with Crippen molar-refractivity contribution in [3.63, 3.8) is 0 Å². The minimum absolute atomic E-state index is 0.337. The van der Waals surface area contributed by atoms with Crippen LogP contribution >= 0.6 is 23.2 Å². The van der Waals surface area contributed by atoms with Crippen LogP contribution in [-0.4, -0.2) is 35.5 Å². The lowest BCUT2D eigenvalue weighted by Crippen LogP contribution is -2.45. The molecular formula is C13H14Cl2N2O. The first-order chi connectivity index (χ1) is 8.65. The van der Waals surface area contributed by atoms with Gasteiger partial charge in [0, 0.05) is 13.1 Å². The third-order valence-corrected chi connectivity index (χ3v) is 3.60. The van der Waals surface area contributed by atoms with Crippen molar-refractivity contribution in [1.29, 1.82) is 5.26 Å². The zero-order valence-electron chi connectivity index (χ0n) is 9.85. The molecule has 1 aliphatic rings. The largest absolute Gasteiger partial charge is 0.379 e. The van der Waals surface area contributed by atoms with Gasteiger partial charge in [-0.1, -0.05) is 53.5 Å². The second-order valence-electron chi connectivity index (χ2n) is 4.20. The van der Waals surface area contributed by atoms with Gasteiger partial charge in [0.25, 0.3) is 0 Å². The van der Waals surface area contributed by atoms with E-state index >= 15 is 0 Å². The number of alkyl halides is 2. The van der Waals surface area contributed by atoms with Crippen molar-refractivity contribution in [2.45, 2.75) is 10.4 Å². The van der Waals surface area contributed by atoms with Gasteiger partial charge in [0.05, 0.1) is 19.3 Å². The molecule has 1 saturated heterocycles. The number of nitriles is 1. The second kappa shape index (κ2) is 5.90. The number of nitrogens with zero attached hydrogens (tertiary/aromatic N) is 2. The topological polar surface area (TPSA) is 36.3 Å². The van der Waals surface area contributed by atoms with Crippen molar-refractivity contribution in [1.82, 2.24) is 4.90 Å². The van der Waals surface area contributed by atoms with Gasteiger partial charge in [-0.15, -0.1) is 0 Å². The molecule has 18 heavy (non-hydrogen) atoms. The normalized spacial score (nSPS) is 19.2. The monoisotopic (exact) mass is 284 g/mol. The van der Waals surface area contributed by atoms with E-state index in [1.54, 1.807) is 0 Å². The van der Waals surface area contributed by atoms with Crippen LogP contribution in [0.3, 0.4) is 0 Å². The van der Waals surface area contributed by atoms with Gasteiger partial charge in [-0.3, -0.25) is 4.90 Å². The summed E-state index contributed by atoms with van der Waals surface area (Å²) in [6, 6.07) is 11.3. The first kappa shape index (κ1) is 13.6. The lowest BCUT2D eigenvalue weighted by Gasteiger charge is -2.38. The van der Waals surface area contributed by atoms with E-state index in [1.165, 1.54) is 0 Å². The summed E-state index contributed by atoms with van der Waals surface area (Å²) in [5.74, 6) is 0. The summed E-state index contributed by atoms with van der Waals surface area (Å²) < 4.78 is 3.86. The predicted molar refractivity (Wildman–Crippen MR) is 71.6 cm³/mol. The van der Waals surface area contributed by atoms with Crippen LogP contribution < -0.4 is 0 Å². The molecule has 1 unspecified atom stereocenters. The number of halogens is 2. The highest BCUT2D eigenvalue weighted by Crippen LogP contribution is 2.40. The van der Waals surface area contributed by atoms with Gasteiger partial charge in [-0.25, -0.2) is 0 Å². The summed E-state index contributed by atoms with van der Waals surface area (Å²) in [6.45, 7) is 2.72. The van der Waals surface area contributed by atoms with E-state index in [-0.39, 0.29) is 6.04 Å². The maximum Gasteiger partial charge on any atom is 0.222 e. The van der Waals surface area contributed by atoms with Crippen molar-refractivity contribution < 1.29 is 4.74 Å². The maximum atomic E-state index is 9.18. The molecule has 0 saturated carbocycles. The van der Waals surface area contributed by atoms with Crippen LogP contribution in [-0.2, 0) is 4.74 Å². The minimum Gasteiger partial charge on any atom is -0.379 e. The van der Waals surface area contributed by atoms with Gasteiger partial charge in [-0.05, 0) is 5.56 Å². The highest BCUT2D eigenvalue weighted by Gasteiger charge is 2.40. The first-order valence-corrected chi connectivity index (χ1v) is 6.56. The molecule has 0 aromatic heterocycles. The van der Waals surface area contributed by atoms with Crippen molar-refractivity contribution >= 4 is 23.2 Å². The lowest BCUT2D eigenvalue weighted by molar-refractivity contribution is 0.0155. The average molecular weight is 285 g/mol. The summed E-state index contributed by atoms with van der Waals surface area (Å²) in [7, 11) is 0. The van der Waals surface area contributed by atoms with E-state index in [4.69, 9.17) is 27.9 Å². The van der Waals surface area contributed by atoms with E-state index in [9.17, 15) is 5.26 Å². The third-order valence-electron chi connectivity index (χ3n) is 3.02.